The molecule has 0 heterocycles. The third kappa shape index (κ3) is 40.9. The Labute approximate surface area is 650 Å². The van der Waals surface area contributed by atoms with Crippen LogP contribution < -0.4 is 18.9 Å². The Morgan fingerprint density at radius 1 is 0.268 bits per heavy atom. The smallest absolute Gasteiger partial charge is 0.416 e. The van der Waals surface area contributed by atoms with E-state index >= 15 is 0 Å². The molecular weight excluding hydrogens is 1490 g/mol. The van der Waals surface area contributed by atoms with Gasteiger partial charge in [0.05, 0.1) is 18.2 Å². The quantitative estimate of drug-likeness (QED) is 0.128. The van der Waals surface area contributed by atoms with Gasteiger partial charge in [-0.15, -0.1) is 0 Å². The fourth-order valence-corrected chi connectivity index (χ4v) is 9.62. The Hall–Kier alpha value is -9.86. The molecule has 0 aliphatic carbocycles. The van der Waals surface area contributed by atoms with Crippen LogP contribution in [0, 0.1) is 145 Å². The van der Waals surface area contributed by atoms with Crippen molar-refractivity contribution in [2.75, 3.05) is 14.0 Å². The highest BCUT2D eigenvalue weighted by Gasteiger charge is 2.33. The van der Waals surface area contributed by atoms with Crippen LogP contribution in [0.1, 0.15) is 158 Å². The van der Waals surface area contributed by atoms with Crippen LogP contribution in [-0.4, -0.2) is 27.2 Å². The first kappa shape index (κ1) is 104. The van der Waals surface area contributed by atoms with Gasteiger partial charge in [0.1, 0.15) is 29.7 Å². The summed E-state index contributed by atoms with van der Waals surface area (Å²) in [5.74, 6) is 2.11. The Morgan fingerprint density at radius 2 is 0.518 bits per heavy atom. The summed E-state index contributed by atoms with van der Waals surface area (Å²) in [6.45, 7) is 32.0. The van der Waals surface area contributed by atoms with E-state index in [9.17, 15) is 70.2 Å². The average molecular weight is 1590 g/mol. The van der Waals surface area contributed by atoms with Gasteiger partial charge in [0.25, 0.3) is 12.9 Å². The Bertz CT molecular complexity index is 4170. The largest absolute Gasteiger partial charge is 0.496 e. The molecule has 0 aliphatic rings. The van der Waals surface area contributed by atoms with Crippen LogP contribution in [-0.2, 0) is 19.0 Å². The number of benzene rings is 10. The summed E-state index contributed by atoms with van der Waals surface area (Å²) in [4.78, 5) is 0. The standard InChI is InChI=1S/2C9H9F3.2C9H10F2O.2C9H10F2.C9H11FO.C9H11F.C9H12O.C9H12.2FH/c2*1-6-3-4-7(2)8(5-6)9(10,11)12;2*1-6-3-4-7(2)8(5-6)12-9(10)11;2*1-6-3-4-7(2)8(5-6)9(10)11;1-7-3-4-8(2)9(5-7)11-6-10;1-7-3-4-8(2)9(5-7)6-10;1-7-4-5-8(2)9(6-7)10-3;1-7-4-5-8(2)9(3)6-7;;/h2*3-5H,1-2H3;2*3-5,9H,1-2H3;2*3-5,9H,1-2H3;3-5H,6H2,1-2H3;3-5H,6H2,1-2H3;4-6H,1-3H3;4-6H,1-3H3;2*1H. The van der Waals surface area contributed by atoms with Gasteiger partial charge in [0.2, 0.25) is 6.86 Å². The summed E-state index contributed by atoms with van der Waals surface area (Å²) in [5.41, 5.74) is 18.9. The first-order valence-corrected chi connectivity index (χ1v) is 34.7. The van der Waals surface area contributed by atoms with Gasteiger partial charge in [0, 0.05) is 11.1 Å². The molecule has 0 saturated carbocycles. The van der Waals surface area contributed by atoms with Crippen LogP contribution in [0.2, 0.25) is 0 Å². The van der Waals surface area contributed by atoms with Gasteiger partial charge in [-0.2, -0.15) is 43.9 Å². The zero-order valence-corrected chi connectivity index (χ0v) is 67.5. The second-order valence-electron chi connectivity index (χ2n) is 26.4. The van der Waals surface area contributed by atoms with E-state index in [2.05, 4.69) is 67.5 Å². The molecule has 10 aromatic carbocycles. The Balaban J connectivity index is 0. The number of alkyl halides is 16. The molecular formula is C90H106F18O4. The van der Waals surface area contributed by atoms with Gasteiger partial charge in [-0.25, -0.2) is 26.3 Å². The van der Waals surface area contributed by atoms with Crippen LogP contribution in [0.4, 0.5) is 79.7 Å². The van der Waals surface area contributed by atoms with E-state index in [1.165, 1.54) is 65.9 Å². The van der Waals surface area contributed by atoms with E-state index in [-0.39, 0.29) is 49.8 Å². The second kappa shape index (κ2) is 51.6. The van der Waals surface area contributed by atoms with E-state index in [0.29, 0.717) is 28.0 Å². The maximum Gasteiger partial charge on any atom is 0.416 e. The average Bonchev–Trinajstić information content (AvgIpc) is 0.833. The van der Waals surface area contributed by atoms with Crippen LogP contribution >= 0.6 is 0 Å². The van der Waals surface area contributed by atoms with E-state index in [0.717, 1.165) is 79.1 Å². The predicted molar refractivity (Wildman–Crippen MR) is 420 cm³/mol. The predicted octanol–water partition coefficient (Wildman–Crippen LogP) is 29.5. The molecule has 112 heavy (non-hydrogen) atoms. The van der Waals surface area contributed by atoms with Crippen molar-refractivity contribution in [2.45, 2.75) is 190 Å². The number of rotatable bonds is 10. The normalized spacial score (nSPS) is 10.3. The summed E-state index contributed by atoms with van der Waals surface area (Å²) < 4.78 is 212. The van der Waals surface area contributed by atoms with Crippen LogP contribution in [0.3, 0.4) is 0 Å². The van der Waals surface area contributed by atoms with Crippen molar-refractivity contribution in [3.8, 4) is 23.0 Å². The van der Waals surface area contributed by atoms with Crippen molar-refractivity contribution in [2.24, 2.45) is 0 Å². The van der Waals surface area contributed by atoms with Crippen molar-refractivity contribution in [1.82, 2.24) is 0 Å². The van der Waals surface area contributed by atoms with Crippen molar-refractivity contribution < 1.29 is 98.6 Å². The molecule has 10 aromatic rings. The summed E-state index contributed by atoms with van der Waals surface area (Å²) in [6.07, 6.45) is -13.2. The molecule has 10 rings (SSSR count). The first-order chi connectivity index (χ1) is 51.1. The van der Waals surface area contributed by atoms with Crippen LogP contribution in [0.5, 0.6) is 23.0 Å². The highest BCUT2D eigenvalue weighted by molar-refractivity contribution is 5.41. The van der Waals surface area contributed by atoms with Gasteiger partial charge in [-0.05, 0) is 271 Å². The maximum absolute atomic E-state index is 12.2. The number of aryl methyl sites for hydroxylation is 21. The third-order valence-electron chi connectivity index (χ3n) is 16.3. The molecule has 616 valence electrons. The Morgan fingerprint density at radius 3 is 0.768 bits per heavy atom. The lowest BCUT2D eigenvalue weighted by atomic mass is 10.1. The summed E-state index contributed by atoms with van der Waals surface area (Å²) in [5, 5.41) is 0. The van der Waals surface area contributed by atoms with Gasteiger partial charge in [0.15, 0.2) is 0 Å². The second-order valence-corrected chi connectivity index (χ2v) is 26.4. The minimum atomic E-state index is -4.23. The van der Waals surface area contributed by atoms with E-state index < -0.39 is 56.4 Å². The summed E-state index contributed by atoms with van der Waals surface area (Å²) in [6, 6.07) is 53.4. The van der Waals surface area contributed by atoms with E-state index in [1.54, 1.807) is 97.2 Å². The fraction of sp³-hybridized carbons (Fsp3) is 0.333. The molecule has 0 aliphatic heterocycles. The van der Waals surface area contributed by atoms with Crippen molar-refractivity contribution >= 4 is 0 Å². The molecule has 0 unspecified atom stereocenters. The number of methoxy groups -OCH3 is 1. The minimum Gasteiger partial charge on any atom is -0.496 e. The molecule has 0 bridgehead atoms. The molecule has 0 fully saturated rings. The molecule has 0 N–H and O–H groups in total. The van der Waals surface area contributed by atoms with Crippen molar-refractivity contribution in [3.05, 3.63) is 327 Å². The molecule has 0 radical (unpaired) electrons. The number of ether oxygens (including phenoxy) is 4. The number of halogens is 18. The molecule has 0 spiro atoms. The lowest BCUT2D eigenvalue weighted by Crippen LogP contribution is -2.07. The SMILES string of the molecule is COc1cc(C)ccc1C.Cc1ccc(C)c(C(F)(F)F)c1.Cc1ccc(C)c(C(F)(F)F)c1.Cc1ccc(C)c(C(F)F)c1.Cc1ccc(C)c(C(F)F)c1.Cc1ccc(C)c(C)c1.Cc1ccc(C)c(CF)c1.Cc1ccc(C)c(OC(F)F)c1.Cc1ccc(C)c(OC(F)F)c1.Cc1ccc(C)c(OCF)c1.F.F. The maximum atomic E-state index is 12.2. The lowest BCUT2D eigenvalue weighted by molar-refractivity contribution is -0.138. The molecule has 22 heteroatoms. The van der Waals surface area contributed by atoms with Gasteiger partial charge in [-0.3, -0.25) is 9.41 Å². The zero-order chi connectivity index (χ0) is 84.1. The number of hydrogen-bond acceptors (Lipinski definition) is 4. The topological polar surface area (TPSA) is 36.9 Å². The van der Waals surface area contributed by atoms with Crippen LogP contribution in [0.25, 0.3) is 0 Å². The van der Waals surface area contributed by atoms with Gasteiger partial charge in [-0.1, -0.05) is 179 Å². The summed E-state index contributed by atoms with van der Waals surface area (Å²) in [7, 11) is 1.70. The van der Waals surface area contributed by atoms with Crippen LogP contribution in [0.15, 0.2) is 182 Å². The number of hydrogen-bond donors (Lipinski definition) is 0. The lowest BCUT2D eigenvalue weighted by Gasteiger charge is -2.10. The van der Waals surface area contributed by atoms with E-state index in [1.807, 2.05) is 129 Å². The zero-order valence-electron chi connectivity index (χ0n) is 67.5. The monoisotopic (exact) mass is 1590 g/mol. The van der Waals surface area contributed by atoms with Gasteiger partial charge >= 0.3 is 25.6 Å². The molecule has 0 aromatic heterocycles. The highest BCUT2D eigenvalue weighted by atomic mass is 19.4. The fourth-order valence-electron chi connectivity index (χ4n) is 9.62. The third-order valence-corrected chi connectivity index (χ3v) is 16.3. The van der Waals surface area contributed by atoms with E-state index in [4.69, 9.17) is 9.47 Å². The molecule has 0 atom stereocenters. The molecule has 4 nitrogen and oxygen atoms in total. The molecule has 0 amide bonds. The van der Waals surface area contributed by atoms with Crippen molar-refractivity contribution in [1.29, 1.82) is 0 Å². The van der Waals surface area contributed by atoms with Gasteiger partial charge < -0.3 is 18.9 Å². The Kier molecular flexibility index (Phi) is 48.0. The minimum absolute atomic E-state index is 0. The summed E-state index contributed by atoms with van der Waals surface area (Å²) >= 11 is 0. The van der Waals surface area contributed by atoms with Crippen molar-refractivity contribution in [3.63, 3.8) is 0 Å². The molecule has 0 saturated heterocycles. The first-order valence-electron chi connectivity index (χ1n) is 34.7. The highest BCUT2D eigenvalue weighted by Crippen LogP contribution is 2.34.